The highest BCUT2D eigenvalue weighted by atomic mass is 15.1. The lowest BCUT2D eigenvalue weighted by Gasteiger charge is -2.25. The number of nitrogens with zero attached hydrogens (tertiary/aromatic N) is 9. The van der Waals surface area contributed by atoms with Crippen molar-refractivity contribution in [2.75, 3.05) is 0 Å². The van der Waals surface area contributed by atoms with Crippen LogP contribution >= 0.6 is 0 Å². The maximum absolute atomic E-state index is 10.4. The van der Waals surface area contributed by atoms with Crippen molar-refractivity contribution < 1.29 is 0 Å². The summed E-state index contributed by atoms with van der Waals surface area (Å²) >= 11 is 0. The molecule has 0 bridgehead atoms. The van der Waals surface area contributed by atoms with E-state index in [0.717, 1.165) is 122 Å². The number of rotatable bonds is 7. The number of fused-ring (bicyclic) bond motifs is 12. The van der Waals surface area contributed by atoms with Crippen molar-refractivity contribution in [1.29, 1.82) is 21.0 Å². The summed E-state index contributed by atoms with van der Waals surface area (Å²) in [7, 11) is 0. The van der Waals surface area contributed by atoms with Crippen molar-refractivity contribution in [3.8, 4) is 80.7 Å². The smallest absolute Gasteiger partial charge is 0.148 e. The third kappa shape index (κ3) is 7.43. The van der Waals surface area contributed by atoms with E-state index < -0.39 is 0 Å². The summed E-state index contributed by atoms with van der Waals surface area (Å²) in [5.74, 6) is 1.22. The quantitative estimate of drug-likeness (QED) is 0.157. The van der Waals surface area contributed by atoms with Gasteiger partial charge in [-0.2, -0.15) is 21.0 Å². The van der Waals surface area contributed by atoms with E-state index in [1.807, 2.05) is 72.8 Å². The standard InChI is InChI=1S/C77H45N9/c1-46-35-47(2)37-54(36-46)73-74(52-23-27-55(28-24-52)83-65-15-7-3-11-57(65)58-12-4-8-16-66(58)83)76(85-69-31-19-48(42-78)38-61(69)62-39-49(43-79)20-32-70(62)85)82-77(86-71-33-21-50(44-80)40-63(71)64-41-51(45-81)22-34-72(64)86)75(73)53-25-29-56(30-26-53)84-67-17-9-5-13-59(67)60-14-6-10-18-68(60)84/h3-41H,1-2H3. The van der Waals surface area contributed by atoms with E-state index in [9.17, 15) is 21.0 Å². The van der Waals surface area contributed by atoms with Gasteiger partial charge >= 0.3 is 0 Å². The van der Waals surface area contributed by atoms with Crippen LogP contribution in [0.1, 0.15) is 33.4 Å². The molecule has 398 valence electrons. The molecule has 5 aromatic heterocycles. The van der Waals surface area contributed by atoms with Crippen LogP contribution < -0.4 is 0 Å². The van der Waals surface area contributed by atoms with Gasteiger partial charge in [0, 0.05) is 71.2 Å². The molecule has 86 heavy (non-hydrogen) atoms. The number of para-hydroxylation sites is 4. The summed E-state index contributed by atoms with van der Waals surface area (Å²) in [6.07, 6.45) is 0. The summed E-state index contributed by atoms with van der Waals surface area (Å²) < 4.78 is 9.05. The SMILES string of the molecule is Cc1cc(C)cc(-c2c(-c3ccc(-n4c5ccccc5c5ccccc54)cc3)c(-n3c4ccc(C#N)cc4c4cc(C#N)ccc43)nc(-n3c4ccc(C#N)cc4c4cc(C#N)ccc43)c2-c2ccc(-n3c4ccccc4c4ccccc43)cc2)c1. The van der Waals surface area contributed by atoms with Crippen molar-refractivity contribution in [1.82, 2.24) is 23.3 Å². The first-order chi connectivity index (χ1) is 42.3. The summed E-state index contributed by atoms with van der Waals surface area (Å²) in [6, 6.07) is 91.0. The zero-order valence-corrected chi connectivity index (χ0v) is 46.5. The van der Waals surface area contributed by atoms with Gasteiger partial charge in [-0.25, -0.2) is 4.98 Å². The maximum atomic E-state index is 10.4. The molecular weight excluding hydrogens is 1050 g/mol. The molecule has 0 N–H and O–H groups in total. The fourth-order valence-corrected chi connectivity index (χ4v) is 13.6. The number of pyridine rings is 1. The highest BCUT2D eigenvalue weighted by molar-refractivity contribution is 6.15. The van der Waals surface area contributed by atoms with E-state index in [-0.39, 0.29) is 0 Å². The highest BCUT2D eigenvalue weighted by Gasteiger charge is 2.30. The second kappa shape index (κ2) is 19.2. The number of hydrogen-bond acceptors (Lipinski definition) is 5. The number of benzene rings is 11. The van der Waals surface area contributed by atoms with Gasteiger partial charge in [0.25, 0.3) is 0 Å². The minimum atomic E-state index is 0.489. The largest absolute Gasteiger partial charge is 0.309 e. The molecule has 0 atom stereocenters. The van der Waals surface area contributed by atoms with Crippen LogP contribution in [0.2, 0.25) is 0 Å². The zero-order valence-electron chi connectivity index (χ0n) is 46.5. The lowest BCUT2D eigenvalue weighted by molar-refractivity contribution is 1.02. The molecule has 16 rings (SSSR count). The fraction of sp³-hybridized carbons (Fsp3) is 0.0260. The van der Waals surface area contributed by atoms with E-state index in [2.05, 4.69) is 220 Å². The van der Waals surface area contributed by atoms with Gasteiger partial charge in [0.15, 0.2) is 0 Å². The number of aromatic nitrogens is 5. The van der Waals surface area contributed by atoms with Gasteiger partial charge in [-0.3, -0.25) is 9.13 Å². The van der Waals surface area contributed by atoms with Gasteiger partial charge in [0.2, 0.25) is 0 Å². The molecule has 9 nitrogen and oxygen atoms in total. The summed E-state index contributed by atoms with van der Waals surface area (Å²) in [6.45, 7) is 4.28. The molecule has 0 unspecified atom stereocenters. The van der Waals surface area contributed by atoms with Crippen molar-refractivity contribution >= 4 is 87.2 Å². The Balaban J connectivity index is 1.09. The molecule has 11 aromatic carbocycles. The minimum absolute atomic E-state index is 0.489. The number of aryl methyl sites for hydroxylation is 2. The molecule has 0 saturated carbocycles. The third-order valence-corrected chi connectivity index (χ3v) is 17.1. The van der Waals surface area contributed by atoms with Crippen LogP contribution in [0.4, 0.5) is 0 Å². The van der Waals surface area contributed by atoms with E-state index in [1.54, 1.807) is 0 Å². The van der Waals surface area contributed by atoms with Gasteiger partial charge in [0.05, 0.1) is 90.7 Å². The molecule has 0 aliphatic heterocycles. The fourth-order valence-electron chi connectivity index (χ4n) is 13.6. The zero-order chi connectivity index (χ0) is 57.9. The highest BCUT2D eigenvalue weighted by Crippen LogP contribution is 2.50. The summed E-state index contributed by atoms with van der Waals surface area (Å²) in [5.41, 5.74) is 19.1. The Morgan fingerprint density at radius 2 is 0.558 bits per heavy atom. The lowest BCUT2D eigenvalue weighted by Crippen LogP contribution is -2.10. The Morgan fingerprint density at radius 3 is 0.860 bits per heavy atom. The van der Waals surface area contributed by atoms with Crippen molar-refractivity contribution in [2.24, 2.45) is 0 Å². The van der Waals surface area contributed by atoms with Gasteiger partial charge in [0.1, 0.15) is 11.6 Å². The first-order valence-electron chi connectivity index (χ1n) is 28.4. The molecule has 0 saturated heterocycles. The van der Waals surface area contributed by atoms with Gasteiger partial charge in [-0.05, 0) is 152 Å². The Labute approximate surface area is 493 Å². The van der Waals surface area contributed by atoms with Crippen molar-refractivity contribution in [3.05, 3.63) is 270 Å². The van der Waals surface area contributed by atoms with E-state index >= 15 is 0 Å². The Hall–Kier alpha value is -12.3. The predicted molar refractivity (Wildman–Crippen MR) is 346 cm³/mol. The van der Waals surface area contributed by atoms with Crippen LogP contribution in [0.15, 0.2) is 237 Å². The number of hydrogen-bond donors (Lipinski definition) is 0. The van der Waals surface area contributed by atoms with Crippen LogP contribution in [-0.4, -0.2) is 23.3 Å². The molecular formula is C77H45N9. The third-order valence-electron chi connectivity index (χ3n) is 17.1. The minimum Gasteiger partial charge on any atom is -0.309 e. The first kappa shape index (κ1) is 49.5. The molecule has 0 radical (unpaired) electrons. The average molecular weight is 1100 g/mol. The van der Waals surface area contributed by atoms with Crippen molar-refractivity contribution in [2.45, 2.75) is 13.8 Å². The molecule has 0 spiro atoms. The predicted octanol–water partition coefficient (Wildman–Crippen LogP) is 18.6. The topological polar surface area (TPSA) is 128 Å². The monoisotopic (exact) mass is 1100 g/mol. The molecule has 9 heteroatoms. The second-order valence-electron chi connectivity index (χ2n) is 22.1. The summed E-state index contributed by atoms with van der Waals surface area (Å²) in [4.78, 5) is 6.18. The Bertz CT molecular complexity index is 5180. The van der Waals surface area contributed by atoms with E-state index in [0.29, 0.717) is 33.9 Å². The van der Waals surface area contributed by atoms with Crippen LogP contribution in [0.5, 0.6) is 0 Å². The second-order valence-corrected chi connectivity index (χ2v) is 22.1. The van der Waals surface area contributed by atoms with Gasteiger partial charge in [-0.1, -0.05) is 126 Å². The van der Waals surface area contributed by atoms with Gasteiger partial charge in [-0.15, -0.1) is 0 Å². The molecule has 0 amide bonds. The first-order valence-corrected chi connectivity index (χ1v) is 28.4. The molecule has 5 heterocycles. The summed E-state index contributed by atoms with van der Waals surface area (Å²) in [5, 5.41) is 49.6. The van der Waals surface area contributed by atoms with Gasteiger partial charge < -0.3 is 9.13 Å². The van der Waals surface area contributed by atoms with Crippen molar-refractivity contribution in [3.63, 3.8) is 0 Å². The molecule has 16 aromatic rings. The molecule has 0 aliphatic carbocycles. The average Bonchev–Trinajstić information content (AvgIpc) is 1.53. The van der Waals surface area contributed by atoms with Crippen LogP contribution in [0.3, 0.4) is 0 Å². The lowest BCUT2D eigenvalue weighted by atomic mass is 9.86. The van der Waals surface area contributed by atoms with Crippen LogP contribution in [0, 0.1) is 59.2 Å². The van der Waals surface area contributed by atoms with E-state index in [4.69, 9.17) is 4.98 Å². The Kier molecular flexibility index (Phi) is 11.0. The Morgan fingerprint density at radius 1 is 0.267 bits per heavy atom. The maximum Gasteiger partial charge on any atom is 0.148 e. The van der Waals surface area contributed by atoms with Crippen LogP contribution in [-0.2, 0) is 0 Å². The normalized spacial score (nSPS) is 11.6. The van der Waals surface area contributed by atoms with Crippen LogP contribution in [0.25, 0.3) is 144 Å². The molecule has 0 fully saturated rings. The van der Waals surface area contributed by atoms with E-state index in [1.165, 1.54) is 21.5 Å². The number of nitriles is 4. The molecule has 0 aliphatic rings.